The van der Waals surface area contributed by atoms with E-state index in [0.29, 0.717) is 6.54 Å². The summed E-state index contributed by atoms with van der Waals surface area (Å²) >= 11 is 0. The molecule has 0 atom stereocenters. The van der Waals surface area contributed by atoms with Crippen LogP contribution in [-0.4, -0.2) is 37.9 Å². The number of benzene rings is 1. The fourth-order valence-corrected chi connectivity index (χ4v) is 1.54. The van der Waals surface area contributed by atoms with E-state index in [1.807, 2.05) is 6.07 Å². The second kappa shape index (κ2) is 9.33. The molecule has 1 aromatic rings. The molecule has 1 aromatic carbocycles. The van der Waals surface area contributed by atoms with E-state index in [4.69, 9.17) is 5.11 Å². The molecular formula is C13H22N2O. The molecule has 1 rings (SSSR count). The molecule has 0 aliphatic rings. The zero-order valence-electron chi connectivity index (χ0n) is 9.78. The van der Waals surface area contributed by atoms with Gasteiger partial charge in [-0.1, -0.05) is 30.3 Å². The van der Waals surface area contributed by atoms with E-state index in [-0.39, 0.29) is 6.61 Å². The van der Waals surface area contributed by atoms with Gasteiger partial charge >= 0.3 is 0 Å². The highest BCUT2D eigenvalue weighted by Gasteiger charge is 1.91. The van der Waals surface area contributed by atoms with Gasteiger partial charge in [0.1, 0.15) is 0 Å². The topological polar surface area (TPSA) is 44.3 Å². The summed E-state index contributed by atoms with van der Waals surface area (Å²) in [6, 6.07) is 10.5. The minimum Gasteiger partial charge on any atom is -0.395 e. The molecule has 0 aliphatic carbocycles. The molecule has 0 radical (unpaired) electrons. The van der Waals surface area contributed by atoms with E-state index in [2.05, 4.69) is 34.9 Å². The highest BCUT2D eigenvalue weighted by Crippen LogP contribution is 1.97. The molecule has 0 amide bonds. The van der Waals surface area contributed by atoms with E-state index in [0.717, 1.165) is 32.5 Å². The molecule has 90 valence electrons. The van der Waals surface area contributed by atoms with Gasteiger partial charge in [0.2, 0.25) is 0 Å². The van der Waals surface area contributed by atoms with E-state index in [1.165, 1.54) is 5.56 Å². The summed E-state index contributed by atoms with van der Waals surface area (Å²) in [6.45, 7) is 3.96. The normalized spacial score (nSPS) is 10.6. The predicted molar refractivity (Wildman–Crippen MR) is 67.6 cm³/mol. The number of hydrogen-bond acceptors (Lipinski definition) is 3. The standard InChI is InChI=1S/C13H22N2O/c16-12-11-15-9-4-8-14-10-7-13-5-2-1-3-6-13/h1-3,5-6,14-16H,4,7-12H2. The van der Waals surface area contributed by atoms with Crippen LogP contribution in [0.3, 0.4) is 0 Å². The highest BCUT2D eigenvalue weighted by atomic mass is 16.3. The average molecular weight is 222 g/mol. The van der Waals surface area contributed by atoms with Crippen molar-refractivity contribution < 1.29 is 5.11 Å². The Balaban J connectivity index is 1.89. The number of hydrogen-bond donors (Lipinski definition) is 3. The zero-order valence-corrected chi connectivity index (χ0v) is 9.78. The fraction of sp³-hybridized carbons (Fsp3) is 0.538. The third-order valence-corrected chi connectivity index (χ3v) is 2.43. The molecule has 0 spiro atoms. The van der Waals surface area contributed by atoms with Crippen LogP contribution in [0.5, 0.6) is 0 Å². The Hall–Kier alpha value is -0.900. The Labute approximate surface area is 97.9 Å². The molecule has 0 saturated carbocycles. The van der Waals surface area contributed by atoms with Crippen LogP contribution in [0, 0.1) is 0 Å². The predicted octanol–water partition coefficient (Wildman–Crippen LogP) is 0.791. The van der Waals surface area contributed by atoms with Gasteiger partial charge in [0.15, 0.2) is 0 Å². The Morgan fingerprint density at radius 2 is 1.56 bits per heavy atom. The highest BCUT2D eigenvalue weighted by molar-refractivity contribution is 5.14. The fourth-order valence-electron chi connectivity index (χ4n) is 1.54. The third kappa shape index (κ3) is 6.56. The Bertz CT molecular complexity index is 251. The summed E-state index contributed by atoms with van der Waals surface area (Å²) in [7, 11) is 0. The molecule has 0 saturated heterocycles. The van der Waals surface area contributed by atoms with Crippen LogP contribution >= 0.6 is 0 Å². The minimum atomic E-state index is 0.224. The summed E-state index contributed by atoms with van der Waals surface area (Å²) < 4.78 is 0. The third-order valence-electron chi connectivity index (χ3n) is 2.43. The lowest BCUT2D eigenvalue weighted by Gasteiger charge is -2.05. The minimum absolute atomic E-state index is 0.224. The summed E-state index contributed by atoms with van der Waals surface area (Å²) in [5.41, 5.74) is 1.38. The molecule has 0 bridgehead atoms. The molecular weight excluding hydrogens is 200 g/mol. The van der Waals surface area contributed by atoms with Crippen molar-refractivity contribution in [1.82, 2.24) is 10.6 Å². The van der Waals surface area contributed by atoms with E-state index >= 15 is 0 Å². The van der Waals surface area contributed by atoms with E-state index in [9.17, 15) is 0 Å². The lowest BCUT2D eigenvalue weighted by molar-refractivity contribution is 0.292. The van der Waals surface area contributed by atoms with E-state index in [1.54, 1.807) is 0 Å². The molecule has 0 heterocycles. The van der Waals surface area contributed by atoms with Gasteiger partial charge in [-0.3, -0.25) is 0 Å². The van der Waals surface area contributed by atoms with Crippen LogP contribution in [0.1, 0.15) is 12.0 Å². The molecule has 0 aliphatic heterocycles. The quantitative estimate of drug-likeness (QED) is 0.541. The van der Waals surface area contributed by atoms with Crippen molar-refractivity contribution in [2.24, 2.45) is 0 Å². The van der Waals surface area contributed by atoms with Gasteiger partial charge in [0, 0.05) is 6.54 Å². The van der Waals surface area contributed by atoms with Gasteiger partial charge in [-0.05, 0) is 38.0 Å². The maximum absolute atomic E-state index is 8.55. The van der Waals surface area contributed by atoms with Crippen molar-refractivity contribution in [3.63, 3.8) is 0 Å². The van der Waals surface area contributed by atoms with Crippen LogP contribution in [-0.2, 0) is 6.42 Å². The molecule has 16 heavy (non-hydrogen) atoms. The molecule has 3 N–H and O–H groups in total. The number of aliphatic hydroxyl groups is 1. The van der Waals surface area contributed by atoms with Crippen molar-refractivity contribution >= 4 is 0 Å². The Morgan fingerprint density at radius 3 is 2.25 bits per heavy atom. The van der Waals surface area contributed by atoms with Crippen molar-refractivity contribution in [3.05, 3.63) is 35.9 Å². The van der Waals surface area contributed by atoms with Gasteiger partial charge in [0.25, 0.3) is 0 Å². The SMILES string of the molecule is OCCNCCCNCCc1ccccc1. The lowest BCUT2D eigenvalue weighted by Crippen LogP contribution is -2.25. The summed E-state index contributed by atoms with van der Waals surface area (Å²) in [5.74, 6) is 0. The van der Waals surface area contributed by atoms with Crippen LogP contribution in [0.15, 0.2) is 30.3 Å². The first kappa shape index (κ1) is 13.2. The number of aliphatic hydroxyl groups excluding tert-OH is 1. The summed E-state index contributed by atoms with van der Waals surface area (Å²) in [4.78, 5) is 0. The average Bonchev–Trinajstić information content (AvgIpc) is 2.34. The number of rotatable bonds is 9. The van der Waals surface area contributed by atoms with Crippen LogP contribution in [0.4, 0.5) is 0 Å². The van der Waals surface area contributed by atoms with Crippen molar-refractivity contribution in [2.45, 2.75) is 12.8 Å². The molecule has 3 heteroatoms. The van der Waals surface area contributed by atoms with Gasteiger partial charge in [-0.2, -0.15) is 0 Å². The van der Waals surface area contributed by atoms with Crippen molar-refractivity contribution in [2.75, 3.05) is 32.8 Å². The lowest BCUT2D eigenvalue weighted by atomic mass is 10.1. The van der Waals surface area contributed by atoms with Gasteiger partial charge in [-0.15, -0.1) is 0 Å². The molecule has 0 aromatic heterocycles. The van der Waals surface area contributed by atoms with Crippen LogP contribution in [0.25, 0.3) is 0 Å². The van der Waals surface area contributed by atoms with Crippen molar-refractivity contribution in [1.29, 1.82) is 0 Å². The summed E-state index contributed by atoms with van der Waals surface area (Å²) in [5, 5.41) is 15.1. The van der Waals surface area contributed by atoms with Gasteiger partial charge < -0.3 is 15.7 Å². The zero-order chi connectivity index (χ0) is 11.5. The molecule has 0 fully saturated rings. The summed E-state index contributed by atoms with van der Waals surface area (Å²) in [6.07, 6.45) is 2.19. The smallest absolute Gasteiger partial charge is 0.0555 e. The molecule has 0 unspecified atom stereocenters. The second-order valence-electron chi connectivity index (χ2n) is 3.81. The first-order valence-corrected chi connectivity index (χ1v) is 5.99. The van der Waals surface area contributed by atoms with Gasteiger partial charge in [0.05, 0.1) is 6.61 Å². The van der Waals surface area contributed by atoms with Gasteiger partial charge in [-0.25, -0.2) is 0 Å². The van der Waals surface area contributed by atoms with E-state index < -0.39 is 0 Å². The molecule has 3 nitrogen and oxygen atoms in total. The maximum Gasteiger partial charge on any atom is 0.0555 e. The monoisotopic (exact) mass is 222 g/mol. The largest absolute Gasteiger partial charge is 0.395 e. The maximum atomic E-state index is 8.55. The first-order chi connectivity index (χ1) is 7.93. The Morgan fingerprint density at radius 1 is 0.875 bits per heavy atom. The van der Waals surface area contributed by atoms with Crippen LogP contribution < -0.4 is 10.6 Å². The van der Waals surface area contributed by atoms with Crippen molar-refractivity contribution in [3.8, 4) is 0 Å². The number of nitrogens with one attached hydrogen (secondary N) is 2. The van der Waals surface area contributed by atoms with Crippen LogP contribution in [0.2, 0.25) is 0 Å². The Kier molecular flexibility index (Phi) is 7.68. The first-order valence-electron chi connectivity index (χ1n) is 5.99. The second-order valence-corrected chi connectivity index (χ2v) is 3.81.